The highest BCUT2D eigenvalue weighted by Gasteiger charge is 2.31. The minimum Gasteiger partial charge on any atom is -0.425 e. The van der Waals surface area contributed by atoms with E-state index in [1.54, 1.807) is 6.92 Å². The molecule has 0 aromatic heterocycles. The molecule has 0 bridgehead atoms. The molecule has 0 aromatic carbocycles. The summed E-state index contributed by atoms with van der Waals surface area (Å²) in [7, 11) is 0. The fourth-order valence-electron chi connectivity index (χ4n) is 3.81. The Hall–Kier alpha value is -0.560. The van der Waals surface area contributed by atoms with Crippen molar-refractivity contribution in [2.75, 3.05) is 13.1 Å². The molecule has 2 fully saturated rings. The van der Waals surface area contributed by atoms with Gasteiger partial charge < -0.3 is 20.9 Å². The van der Waals surface area contributed by atoms with Crippen molar-refractivity contribution >= 4 is 36.8 Å². The van der Waals surface area contributed by atoms with Gasteiger partial charge in [-0.15, -0.1) is 24.8 Å². The van der Waals surface area contributed by atoms with Gasteiger partial charge in [-0.1, -0.05) is 0 Å². The molecule has 0 aromatic rings. The summed E-state index contributed by atoms with van der Waals surface area (Å²) in [4.78, 5) is 24.4. The molecular formula is C18H34Cl2N2O4. The van der Waals surface area contributed by atoms with Crippen LogP contribution in [0.3, 0.4) is 0 Å². The largest absolute Gasteiger partial charge is 0.425 e. The van der Waals surface area contributed by atoms with E-state index in [9.17, 15) is 9.59 Å². The van der Waals surface area contributed by atoms with Gasteiger partial charge >= 0.3 is 11.9 Å². The third-order valence-corrected chi connectivity index (χ3v) is 5.59. The first-order chi connectivity index (χ1) is 11.5. The average molecular weight is 413 g/mol. The third-order valence-electron chi connectivity index (χ3n) is 5.59. The maximum Gasteiger partial charge on any atom is 0.311 e. The fraction of sp³-hybridized carbons (Fsp3) is 0.889. The number of carbonyl (C=O) groups is 2. The molecule has 0 heterocycles. The highest BCUT2D eigenvalue weighted by molar-refractivity contribution is 5.85. The van der Waals surface area contributed by atoms with Gasteiger partial charge in [-0.05, 0) is 76.3 Å². The van der Waals surface area contributed by atoms with Gasteiger partial charge in [0.1, 0.15) is 0 Å². The van der Waals surface area contributed by atoms with Crippen LogP contribution in [0.15, 0.2) is 0 Å². The van der Waals surface area contributed by atoms with E-state index in [-0.39, 0.29) is 48.6 Å². The summed E-state index contributed by atoms with van der Waals surface area (Å²) in [6, 6.07) is 0. The van der Waals surface area contributed by atoms with E-state index in [1.165, 1.54) is 0 Å². The minimum absolute atomic E-state index is 0. The van der Waals surface area contributed by atoms with Crippen LogP contribution in [-0.2, 0) is 19.1 Å². The van der Waals surface area contributed by atoms with E-state index < -0.39 is 6.29 Å². The van der Waals surface area contributed by atoms with Crippen LogP contribution in [-0.4, -0.2) is 31.3 Å². The quantitative estimate of drug-likeness (QED) is 0.513. The molecule has 0 radical (unpaired) electrons. The summed E-state index contributed by atoms with van der Waals surface area (Å²) >= 11 is 0. The Kier molecular flexibility index (Phi) is 12.5. The van der Waals surface area contributed by atoms with E-state index >= 15 is 0 Å². The second-order valence-electron chi connectivity index (χ2n) is 7.35. The van der Waals surface area contributed by atoms with E-state index in [0.29, 0.717) is 24.9 Å². The molecule has 0 saturated heterocycles. The van der Waals surface area contributed by atoms with Gasteiger partial charge in [0.2, 0.25) is 6.29 Å². The Balaban J connectivity index is 0.00000312. The lowest BCUT2D eigenvalue weighted by atomic mass is 9.82. The van der Waals surface area contributed by atoms with Crippen LogP contribution in [0.2, 0.25) is 0 Å². The molecule has 0 atom stereocenters. The summed E-state index contributed by atoms with van der Waals surface area (Å²) in [5.41, 5.74) is 11.3. The van der Waals surface area contributed by atoms with Crippen molar-refractivity contribution in [3.8, 4) is 0 Å². The molecule has 0 aliphatic heterocycles. The number of rotatable bonds is 6. The minimum atomic E-state index is -0.815. The van der Waals surface area contributed by atoms with E-state index in [1.807, 2.05) is 0 Å². The molecule has 2 saturated carbocycles. The molecule has 0 unspecified atom stereocenters. The van der Waals surface area contributed by atoms with Crippen molar-refractivity contribution in [1.29, 1.82) is 0 Å². The Morgan fingerprint density at radius 3 is 1.35 bits per heavy atom. The summed E-state index contributed by atoms with van der Waals surface area (Å²) in [6.45, 7) is 2.98. The number of halogens is 2. The van der Waals surface area contributed by atoms with E-state index in [2.05, 4.69) is 0 Å². The third kappa shape index (κ3) is 7.59. The number of hydrogen-bond donors (Lipinski definition) is 2. The van der Waals surface area contributed by atoms with Crippen molar-refractivity contribution < 1.29 is 19.1 Å². The summed E-state index contributed by atoms with van der Waals surface area (Å²) < 4.78 is 10.7. The first-order valence-corrected chi connectivity index (χ1v) is 9.34. The summed E-state index contributed by atoms with van der Waals surface area (Å²) in [5.74, 6) is 0.360. The maximum atomic E-state index is 12.2. The second-order valence-corrected chi connectivity index (χ2v) is 7.35. The zero-order valence-electron chi connectivity index (χ0n) is 15.6. The van der Waals surface area contributed by atoms with Crippen LogP contribution < -0.4 is 11.5 Å². The Morgan fingerprint density at radius 1 is 0.769 bits per heavy atom. The van der Waals surface area contributed by atoms with Gasteiger partial charge in [0.25, 0.3) is 0 Å². The molecule has 2 aliphatic carbocycles. The Morgan fingerprint density at radius 2 is 1.08 bits per heavy atom. The first kappa shape index (κ1) is 25.4. The molecule has 2 aliphatic rings. The van der Waals surface area contributed by atoms with Crippen LogP contribution in [0.5, 0.6) is 0 Å². The first-order valence-electron chi connectivity index (χ1n) is 9.34. The summed E-state index contributed by atoms with van der Waals surface area (Å²) in [5, 5.41) is 0. The molecule has 154 valence electrons. The van der Waals surface area contributed by atoms with Gasteiger partial charge in [0, 0.05) is 6.92 Å². The highest BCUT2D eigenvalue weighted by Crippen LogP contribution is 2.30. The topological polar surface area (TPSA) is 105 Å². The van der Waals surface area contributed by atoms with Gasteiger partial charge in [0.05, 0.1) is 11.8 Å². The predicted molar refractivity (Wildman–Crippen MR) is 105 cm³/mol. The lowest BCUT2D eigenvalue weighted by molar-refractivity contribution is -0.191. The van der Waals surface area contributed by atoms with Crippen molar-refractivity contribution in [1.82, 2.24) is 0 Å². The van der Waals surface area contributed by atoms with Crippen LogP contribution in [0.1, 0.15) is 58.3 Å². The molecule has 26 heavy (non-hydrogen) atoms. The molecule has 8 heteroatoms. The Bertz CT molecular complexity index is 385. The number of esters is 2. The van der Waals surface area contributed by atoms with Crippen LogP contribution in [0.4, 0.5) is 0 Å². The fourth-order valence-corrected chi connectivity index (χ4v) is 3.81. The van der Waals surface area contributed by atoms with Crippen molar-refractivity contribution in [3.63, 3.8) is 0 Å². The SMILES string of the molecule is CC(OC(=O)C1CCC(CN)CC1)OC(=O)C1CCC(CN)CC1.Cl.Cl. The van der Waals surface area contributed by atoms with Crippen molar-refractivity contribution in [3.05, 3.63) is 0 Å². The van der Waals surface area contributed by atoms with Crippen molar-refractivity contribution in [2.24, 2.45) is 35.1 Å². The van der Waals surface area contributed by atoms with E-state index in [0.717, 1.165) is 51.4 Å². The molecule has 2 rings (SSSR count). The van der Waals surface area contributed by atoms with Gasteiger partial charge in [-0.3, -0.25) is 9.59 Å². The van der Waals surface area contributed by atoms with Gasteiger partial charge in [-0.25, -0.2) is 0 Å². The molecule has 6 nitrogen and oxygen atoms in total. The zero-order chi connectivity index (χ0) is 17.5. The maximum absolute atomic E-state index is 12.2. The summed E-state index contributed by atoms with van der Waals surface area (Å²) in [6.07, 6.45) is 6.29. The van der Waals surface area contributed by atoms with Crippen LogP contribution in [0, 0.1) is 23.7 Å². The number of nitrogens with two attached hydrogens (primary N) is 2. The normalized spacial score (nSPS) is 29.5. The van der Waals surface area contributed by atoms with Gasteiger partial charge in [0.15, 0.2) is 0 Å². The van der Waals surface area contributed by atoms with Crippen molar-refractivity contribution in [2.45, 2.75) is 64.6 Å². The average Bonchev–Trinajstić information content (AvgIpc) is 2.61. The molecule has 4 N–H and O–H groups in total. The smallest absolute Gasteiger partial charge is 0.311 e. The van der Waals surface area contributed by atoms with E-state index in [4.69, 9.17) is 20.9 Å². The van der Waals surface area contributed by atoms with Crippen LogP contribution >= 0.6 is 24.8 Å². The van der Waals surface area contributed by atoms with Gasteiger partial charge in [-0.2, -0.15) is 0 Å². The number of carbonyl (C=O) groups excluding carboxylic acids is 2. The molecule has 0 spiro atoms. The lowest BCUT2D eigenvalue weighted by Gasteiger charge is -2.28. The monoisotopic (exact) mass is 412 g/mol. The highest BCUT2D eigenvalue weighted by atomic mass is 35.5. The second kappa shape index (κ2) is 12.8. The lowest BCUT2D eigenvalue weighted by Crippen LogP contribution is -2.32. The standard InChI is InChI=1S/C18H32N2O4.2ClH/c1-12(23-17(21)15-6-2-13(10-19)3-7-15)24-18(22)16-8-4-14(11-20)5-9-16;;/h12-16H,2-11,19-20H2,1H3;2*1H. The number of ether oxygens (including phenoxy) is 2. The Labute approximate surface area is 168 Å². The predicted octanol–water partition coefficient (Wildman–Crippen LogP) is 2.79. The number of hydrogen-bond acceptors (Lipinski definition) is 6. The molecular weight excluding hydrogens is 379 g/mol. The van der Waals surface area contributed by atoms with Crippen LogP contribution in [0.25, 0.3) is 0 Å². The molecule has 0 amide bonds. The zero-order valence-corrected chi connectivity index (χ0v) is 17.2.